The summed E-state index contributed by atoms with van der Waals surface area (Å²) in [6.07, 6.45) is 9.13. The molecule has 0 bridgehead atoms. The lowest BCUT2D eigenvalue weighted by Crippen LogP contribution is -2.40. The molecule has 0 radical (unpaired) electrons. The molecule has 0 saturated carbocycles. The lowest BCUT2D eigenvalue weighted by molar-refractivity contribution is 0.0874. The number of methoxy groups -OCH3 is 1. The third-order valence-corrected chi connectivity index (χ3v) is 12.9. The summed E-state index contributed by atoms with van der Waals surface area (Å²) in [7, 11) is -0.0892. The molecule has 0 aliphatic carbocycles. The minimum atomic E-state index is -1.76. The number of allylic oxidation sites excluding steroid dienone is 1. The van der Waals surface area contributed by atoms with Crippen molar-refractivity contribution in [3.05, 3.63) is 65.8 Å². The van der Waals surface area contributed by atoms with E-state index in [0.29, 0.717) is 19.6 Å². The summed E-state index contributed by atoms with van der Waals surface area (Å²) < 4.78 is 24.0. The smallest absolute Gasteiger partial charge is 0.192 e. The van der Waals surface area contributed by atoms with Gasteiger partial charge in [0.25, 0.3) is 0 Å². The Morgan fingerprint density at radius 1 is 1.13 bits per heavy atom. The van der Waals surface area contributed by atoms with Crippen molar-refractivity contribution in [3.63, 3.8) is 0 Å². The molecular formula is C32H52O5Si. The third kappa shape index (κ3) is 9.49. The predicted octanol–water partition coefficient (Wildman–Crippen LogP) is 7.76. The van der Waals surface area contributed by atoms with Crippen LogP contribution in [0.5, 0.6) is 5.75 Å². The zero-order valence-corrected chi connectivity index (χ0v) is 25.9. The lowest BCUT2D eigenvalue weighted by Gasteiger charge is -2.34. The molecule has 1 saturated heterocycles. The number of hydrogen-bond donors (Lipinski definition) is 1. The molecule has 0 aromatic heterocycles. The van der Waals surface area contributed by atoms with Crippen LogP contribution in [0.25, 0.3) is 0 Å². The van der Waals surface area contributed by atoms with Crippen LogP contribution in [0.1, 0.15) is 72.8 Å². The van der Waals surface area contributed by atoms with E-state index in [1.807, 2.05) is 31.2 Å². The first-order chi connectivity index (χ1) is 18.2. The zero-order valence-electron chi connectivity index (χ0n) is 24.9. The van der Waals surface area contributed by atoms with Crippen LogP contribution in [-0.4, -0.2) is 51.1 Å². The molecule has 1 aliphatic heterocycles. The molecular weight excluding hydrogens is 492 g/mol. The van der Waals surface area contributed by atoms with E-state index in [1.165, 1.54) is 11.1 Å². The summed E-state index contributed by atoms with van der Waals surface area (Å²) in [4.78, 5) is 0. The molecule has 38 heavy (non-hydrogen) atoms. The third-order valence-electron chi connectivity index (χ3n) is 8.30. The molecule has 1 fully saturated rings. The van der Waals surface area contributed by atoms with Gasteiger partial charge in [-0.1, -0.05) is 56.7 Å². The first-order valence-electron chi connectivity index (χ1n) is 14.3. The summed E-state index contributed by atoms with van der Waals surface area (Å²) in [5.74, 6) is 0.857. The van der Waals surface area contributed by atoms with Gasteiger partial charge in [-0.3, -0.25) is 0 Å². The van der Waals surface area contributed by atoms with Crippen LogP contribution < -0.4 is 4.74 Å². The van der Waals surface area contributed by atoms with Crippen molar-refractivity contribution in [1.82, 2.24) is 0 Å². The number of aliphatic hydroxyl groups excluding tert-OH is 1. The number of ether oxygens (including phenoxy) is 3. The quantitative estimate of drug-likeness (QED) is 0.0834. The van der Waals surface area contributed by atoms with Gasteiger partial charge >= 0.3 is 0 Å². The maximum Gasteiger partial charge on any atom is 0.192 e. The number of benzene rings is 1. The van der Waals surface area contributed by atoms with Crippen LogP contribution in [0.4, 0.5) is 0 Å². The number of rotatable bonds is 19. The van der Waals surface area contributed by atoms with Crippen molar-refractivity contribution in [1.29, 1.82) is 0 Å². The topological polar surface area (TPSA) is 60.5 Å². The molecule has 4 atom stereocenters. The molecule has 1 N–H and O–H groups in total. The van der Waals surface area contributed by atoms with Gasteiger partial charge in [0.1, 0.15) is 11.4 Å². The first-order valence-corrected chi connectivity index (χ1v) is 16.9. The average molecular weight is 545 g/mol. The fourth-order valence-corrected chi connectivity index (χ4v) is 7.81. The Morgan fingerprint density at radius 2 is 1.79 bits per heavy atom. The van der Waals surface area contributed by atoms with Crippen molar-refractivity contribution in [3.8, 4) is 5.75 Å². The van der Waals surface area contributed by atoms with Gasteiger partial charge in [0.2, 0.25) is 0 Å². The zero-order chi connectivity index (χ0) is 28.2. The molecule has 1 aliphatic rings. The van der Waals surface area contributed by atoms with Crippen LogP contribution in [0.15, 0.2) is 60.2 Å². The largest absolute Gasteiger partial charge is 0.497 e. The Kier molecular flexibility index (Phi) is 13.5. The molecule has 2 rings (SSSR count). The van der Waals surface area contributed by atoms with Crippen LogP contribution in [-0.2, 0) is 20.5 Å². The van der Waals surface area contributed by atoms with Crippen molar-refractivity contribution < 1.29 is 23.7 Å². The maximum absolute atomic E-state index is 10.4. The van der Waals surface area contributed by atoms with Gasteiger partial charge < -0.3 is 23.7 Å². The Bertz CT molecular complexity index is 897. The van der Waals surface area contributed by atoms with Crippen molar-refractivity contribution in [2.75, 3.05) is 13.7 Å². The van der Waals surface area contributed by atoms with Gasteiger partial charge in [0.15, 0.2) is 8.32 Å². The van der Waals surface area contributed by atoms with Gasteiger partial charge in [-0.2, -0.15) is 0 Å². The van der Waals surface area contributed by atoms with E-state index in [1.54, 1.807) is 13.2 Å². The van der Waals surface area contributed by atoms with E-state index in [0.717, 1.165) is 48.7 Å². The second kappa shape index (κ2) is 15.8. The van der Waals surface area contributed by atoms with Gasteiger partial charge in [-0.05, 0) is 87.9 Å². The lowest BCUT2D eigenvalue weighted by atomic mass is 9.95. The Hall–Kier alpha value is -1.70. The van der Waals surface area contributed by atoms with Crippen LogP contribution in [0.3, 0.4) is 0 Å². The van der Waals surface area contributed by atoms with Gasteiger partial charge in [0.05, 0.1) is 38.6 Å². The molecule has 0 spiro atoms. The highest BCUT2D eigenvalue weighted by Crippen LogP contribution is 2.43. The molecule has 0 amide bonds. The molecule has 1 aromatic carbocycles. The fourth-order valence-electron chi connectivity index (χ4n) is 4.91. The molecule has 6 heteroatoms. The van der Waals surface area contributed by atoms with Crippen LogP contribution in [0, 0.1) is 0 Å². The van der Waals surface area contributed by atoms with Crippen LogP contribution in [0.2, 0.25) is 18.1 Å². The molecule has 5 nitrogen and oxygen atoms in total. The summed E-state index contributed by atoms with van der Waals surface area (Å²) in [5, 5.41) is 10.4. The SMILES string of the molecule is C=CC[C@@H](O)[C@]1(C)O[C@H]1C/C=C(/C)[C@H](CC/C(C)=C/COCc1ccc(OC)cc1)O[Si](CC)(CC)CC. The number of aliphatic hydroxyl groups is 1. The Balaban J connectivity index is 1.96. The summed E-state index contributed by atoms with van der Waals surface area (Å²) in [6, 6.07) is 11.4. The van der Waals surface area contributed by atoms with Crippen molar-refractivity contribution in [2.45, 2.75) is 116 Å². The maximum atomic E-state index is 10.4. The van der Waals surface area contributed by atoms with Crippen molar-refractivity contribution in [2.24, 2.45) is 0 Å². The highest BCUT2D eigenvalue weighted by molar-refractivity contribution is 6.73. The number of hydrogen-bond acceptors (Lipinski definition) is 5. The number of epoxide rings is 1. The van der Waals surface area contributed by atoms with E-state index in [2.05, 4.69) is 53.3 Å². The average Bonchev–Trinajstić information content (AvgIpc) is 3.61. The van der Waals surface area contributed by atoms with E-state index < -0.39 is 20.0 Å². The van der Waals surface area contributed by atoms with E-state index in [9.17, 15) is 5.11 Å². The first kappa shape index (κ1) is 32.5. The molecule has 1 heterocycles. The van der Waals surface area contributed by atoms with E-state index in [4.69, 9.17) is 18.6 Å². The van der Waals surface area contributed by atoms with Gasteiger partial charge in [0, 0.05) is 0 Å². The van der Waals surface area contributed by atoms with Gasteiger partial charge in [-0.25, -0.2) is 0 Å². The Labute approximate surface area is 233 Å². The molecule has 1 aromatic rings. The normalized spacial score (nSPS) is 21.7. The van der Waals surface area contributed by atoms with E-state index in [-0.39, 0.29) is 12.2 Å². The fraction of sp³-hybridized carbons (Fsp3) is 0.625. The van der Waals surface area contributed by atoms with Gasteiger partial charge in [-0.15, -0.1) is 6.58 Å². The minimum Gasteiger partial charge on any atom is -0.497 e. The predicted molar refractivity (Wildman–Crippen MR) is 160 cm³/mol. The summed E-state index contributed by atoms with van der Waals surface area (Å²) in [5.41, 5.74) is 3.26. The second-order valence-corrected chi connectivity index (χ2v) is 15.5. The summed E-state index contributed by atoms with van der Waals surface area (Å²) in [6.45, 7) is 18.2. The molecule has 0 unspecified atom stereocenters. The Morgan fingerprint density at radius 3 is 2.37 bits per heavy atom. The molecule has 214 valence electrons. The monoisotopic (exact) mass is 544 g/mol. The van der Waals surface area contributed by atoms with Crippen LogP contribution >= 0.6 is 0 Å². The highest BCUT2D eigenvalue weighted by atomic mass is 28.4. The van der Waals surface area contributed by atoms with Crippen molar-refractivity contribution >= 4 is 8.32 Å². The second-order valence-electron chi connectivity index (χ2n) is 10.8. The van der Waals surface area contributed by atoms with E-state index >= 15 is 0 Å². The highest BCUT2D eigenvalue weighted by Gasteiger charge is 2.56. The minimum absolute atomic E-state index is 0.0445. The summed E-state index contributed by atoms with van der Waals surface area (Å²) >= 11 is 0. The standard InChI is InChI=1S/C32H52O5Si/c1-9-13-30(33)32(7)31(36-32)21-15-26(6)29(37-38(10-2,11-3)12-4)20-14-25(5)22-23-35-24-27-16-18-28(34-8)19-17-27/h9,15-19,22,29-31,33H,1,10-14,20-21,23-24H2,2-8H3/b25-22+,26-15-/t29-,30+,31-,32-/m0/s1.